The van der Waals surface area contributed by atoms with Crippen LogP contribution in [0, 0.1) is 0 Å². The van der Waals surface area contributed by atoms with Gasteiger partial charge in [0.15, 0.2) is 11.5 Å². The van der Waals surface area contributed by atoms with Gasteiger partial charge in [0.1, 0.15) is 11.3 Å². The molecular weight excluding hydrogens is 452 g/mol. The summed E-state index contributed by atoms with van der Waals surface area (Å²) in [5, 5.41) is 4.22. The Balaban J connectivity index is 1.44. The summed E-state index contributed by atoms with van der Waals surface area (Å²) in [5.74, 6) is 1.51. The van der Waals surface area contributed by atoms with E-state index >= 15 is 0 Å². The molecule has 35 heavy (non-hydrogen) atoms. The van der Waals surface area contributed by atoms with Crippen LogP contribution < -0.4 is 26.1 Å². The van der Waals surface area contributed by atoms with Crippen LogP contribution in [0.4, 0.5) is 11.8 Å². The van der Waals surface area contributed by atoms with Crippen molar-refractivity contribution in [3.63, 3.8) is 0 Å². The van der Waals surface area contributed by atoms with Gasteiger partial charge in [-0.05, 0) is 18.6 Å². The first-order chi connectivity index (χ1) is 17.1. The monoisotopic (exact) mass is 480 g/mol. The van der Waals surface area contributed by atoms with Crippen LogP contribution in [0.1, 0.15) is 16.8 Å². The van der Waals surface area contributed by atoms with Crippen LogP contribution in [-0.4, -0.2) is 83.4 Å². The molecule has 1 saturated heterocycles. The number of hydrogen-bond acceptors (Lipinski definition) is 10. The van der Waals surface area contributed by atoms with Gasteiger partial charge in [-0.2, -0.15) is 4.99 Å². The summed E-state index contributed by atoms with van der Waals surface area (Å²) < 4.78 is 19.1. The van der Waals surface area contributed by atoms with E-state index in [9.17, 15) is 4.79 Å². The first-order valence-electron chi connectivity index (χ1n) is 11.6. The van der Waals surface area contributed by atoms with E-state index < -0.39 is 5.91 Å². The third-order valence-corrected chi connectivity index (χ3v) is 6.01. The van der Waals surface area contributed by atoms with Crippen molar-refractivity contribution in [2.75, 3.05) is 64.2 Å². The molecule has 0 aliphatic carbocycles. The molecule has 0 atom stereocenters. The molecule has 0 unspecified atom stereocenters. The van der Waals surface area contributed by atoms with Gasteiger partial charge in [-0.25, -0.2) is 15.0 Å². The van der Waals surface area contributed by atoms with Crippen molar-refractivity contribution in [3.05, 3.63) is 35.7 Å². The predicted molar refractivity (Wildman–Crippen MR) is 128 cm³/mol. The Kier molecular flexibility index (Phi) is 6.73. The SMILES string of the molecule is COc1c(OCCCN2CCOCC2)ccc2c3n(c(=NC(=O)c4cnc(N)nc4)nc12)CCN3. The van der Waals surface area contributed by atoms with Gasteiger partial charge in [0.05, 0.1) is 32.5 Å². The van der Waals surface area contributed by atoms with Crippen molar-refractivity contribution in [1.82, 2.24) is 24.4 Å². The van der Waals surface area contributed by atoms with E-state index in [1.54, 1.807) is 7.11 Å². The van der Waals surface area contributed by atoms with Crippen molar-refractivity contribution < 1.29 is 19.0 Å². The largest absolute Gasteiger partial charge is 0.491 e. The normalized spacial score (nSPS) is 16.2. The van der Waals surface area contributed by atoms with Gasteiger partial charge >= 0.3 is 0 Å². The second-order valence-electron chi connectivity index (χ2n) is 8.23. The van der Waals surface area contributed by atoms with Crippen LogP contribution >= 0.6 is 0 Å². The van der Waals surface area contributed by atoms with Crippen molar-refractivity contribution >= 4 is 28.6 Å². The lowest BCUT2D eigenvalue weighted by Crippen LogP contribution is -2.37. The Morgan fingerprint density at radius 3 is 2.80 bits per heavy atom. The second-order valence-corrected chi connectivity index (χ2v) is 8.23. The molecule has 4 heterocycles. The number of carbonyl (C=O) groups is 1. The van der Waals surface area contributed by atoms with Gasteiger partial charge in [-0.15, -0.1) is 0 Å². The number of rotatable bonds is 7. The van der Waals surface area contributed by atoms with Gasteiger partial charge in [-0.1, -0.05) is 0 Å². The fourth-order valence-electron chi connectivity index (χ4n) is 4.24. The van der Waals surface area contributed by atoms with Crippen LogP contribution in [0.3, 0.4) is 0 Å². The fraction of sp³-hybridized carbons (Fsp3) is 0.435. The summed E-state index contributed by atoms with van der Waals surface area (Å²) in [5.41, 5.74) is 6.58. The quantitative estimate of drug-likeness (QED) is 0.464. The summed E-state index contributed by atoms with van der Waals surface area (Å²) in [6, 6.07) is 3.85. The molecule has 184 valence electrons. The molecule has 0 spiro atoms. The molecule has 2 aromatic heterocycles. The molecule has 12 nitrogen and oxygen atoms in total. The average molecular weight is 481 g/mol. The Morgan fingerprint density at radius 2 is 2.03 bits per heavy atom. The van der Waals surface area contributed by atoms with Crippen molar-refractivity contribution in [2.24, 2.45) is 4.99 Å². The number of fused-ring (bicyclic) bond motifs is 3. The number of carbonyl (C=O) groups excluding carboxylic acids is 1. The number of amides is 1. The maximum absolute atomic E-state index is 12.8. The van der Waals surface area contributed by atoms with E-state index in [0.717, 1.165) is 50.5 Å². The summed E-state index contributed by atoms with van der Waals surface area (Å²) in [7, 11) is 1.58. The van der Waals surface area contributed by atoms with Crippen LogP contribution in [0.2, 0.25) is 0 Å². The van der Waals surface area contributed by atoms with Gasteiger partial charge < -0.3 is 25.3 Å². The molecule has 12 heteroatoms. The number of ether oxygens (including phenoxy) is 3. The standard InChI is InChI=1S/C23H28N8O4/c1-33-19-17(35-10-2-6-30-8-11-34-12-9-30)4-3-16-18(19)28-23(31-7-5-25-20(16)31)29-21(32)15-13-26-22(24)27-14-15/h3-4,13-14,25H,2,5-12H2,1H3,(H2,24,26,27). The molecule has 2 aliphatic rings. The minimum Gasteiger partial charge on any atom is -0.491 e. The fourth-order valence-corrected chi connectivity index (χ4v) is 4.24. The number of nitrogen functional groups attached to an aromatic ring is 1. The lowest BCUT2D eigenvalue weighted by atomic mass is 10.2. The minimum absolute atomic E-state index is 0.0899. The number of benzene rings is 1. The molecule has 0 bridgehead atoms. The minimum atomic E-state index is -0.507. The van der Waals surface area contributed by atoms with E-state index in [4.69, 9.17) is 24.9 Å². The summed E-state index contributed by atoms with van der Waals surface area (Å²) in [4.78, 5) is 31.8. The molecule has 0 radical (unpaired) electrons. The third kappa shape index (κ3) is 4.88. The maximum atomic E-state index is 12.8. The highest BCUT2D eigenvalue weighted by molar-refractivity contribution is 5.96. The highest BCUT2D eigenvalue weighted by Gasteiger charge is 2.21. The highest BCUT2D eigenvalue weighted by Crippen LogP contribution is 2.37. The second kappa shape index (κ2) is 10.2. The number of morpholine rings is 1. The lowest BCUT2D eigenvalue weighted by molar-refractivity contribution is 0.0357. The summed E-state index contributed by atoms with van der Waals surface area (Å²) in [6.45, 7) is 6.29. The van der Waals surface area contributed by atoms with Crippen LogP contribution in [0.25, 0.3) is 10.9 Å². The van der Waals surface area contributed by atoms with Crippen molar-refractivity contribution in [2.45, 2.75) is 13.0 Å². The predicted octanol–water partition coefficient (Wildman–Crippen LogP) is 0.685. The Hall–Kier alpha value is -3.77. The number of aromatic nitrogens is 4. The zero-order valence-corrected chi connectivity index (χ0v) is 19.6. The Morgan fingerprint density at radius 1 is 1.23 bits per heavy atom. The van der Waals surface area contributed by atoms with Gasteiger partial charge in [0.25, 0.3) is 5.91 Å². The topological polar surface area (TPSA) is 142 Å². The summed E-state index contributed by atoms with van der Waals surface area (Å²) in [6.07, 6.45) is 3.58. The van der Waals surface area contributed by atoms with Crippen LogP contribution in [-0.2, 0) is 11.3 Å². The molecule has 1 amide bonds. The van der Waals surface area contributed by atoms with E-state index in [0.29, 0.717) is 36.7 Å². The highest BCUT2D eigenvalue weighted by atomic mass is 16.5. The Bertz CT molecular complexity index is 1290. The number of nitrogens with zero attached hydrogens (tertiary/aromatic N) is 6. The zero-order valence-electron chi connectivity index (χ0n) is 19.6. The lowest BCUT2D eigenvalue weighted by Gasteiger charge is -2.26. The van der Waals surface area contributed by atoms with E-state index in [1.807, 2.05) is 16.7 Å². The zero-order chi connectivity index (χ0) is 24.2. The molecular formula is C23H28N8O4. The van der Waals surface area contributed by atoms with E-state index in [1.165, 1.54) is 12.4 Å². The molecule has 0 saturated carbocycles. The van der Waals surface area contributed by atoms with E-state index in [-0.39, 0.29) is 17.1 Å². The number of anilines is 2. The van der Waals surface area contributed by atoms with Gasteiger partial charge in [0, 0.05) is 50.5 Å². The molecule has 3 N–H and O–H groups in total. The van der Waals surface area contributed by atoms with E-state index in [2.05, 4.69) is 25.2 Å². The van der Waals surface area contributed by atoms with Crippen molar-refractivity contribution in [3.8, 4) is 11.5 Å². The van der Waals surface area contributed by atoms with Gasteiger partial charge in [-0.3, -0.25) is 14.3 Å². The molecule has 3 aromatic rings. The average Bonchev–Trinajstić information content (AvgIpc) is 3.38. The molecule has 1 fully saturated rings. The van der Waals surface area contributed by atoms with Crippen LogP contribution in [0.15, 0.2) is 29.5 Å². The smallest absolute Gasteiger partial charge is 0.283 e. The number of nitrogens with one attached hydrogen (secondary N) is 1. The number of hydrogen-bond donors (Lipinski definition) is 2. The molecule has 2 aliphatic heterocycles. The maximum Gasteiger partial charge on any atom is 0.283 e. The number of nitrogens with two attached hydrogens (primary N) is 1. The first kappa shape index (κ1) is 23.0. The van der Waals surface area contributed by atoms with Crippen molar-refractivity contribution in [1.29, 1.82) is 0 Å². The van der Waals surface area contributed by atoms with Crippen LogP contribution in [0.5, 0.6) is 11.5 Å². The molecule has 1 aromatic carbocycles. The molecule has 5 rings (SSSR count). The Labute approximate surface area is 201 Å². The summed E-state index contributed by atoms with van der Waals surface area (Å²) >= 11 is 0. The third-order valence-electron chi connectivity index (χ3n) is 6.01. The van der Waals surface area contributed by atoms with Gasteiger partial charge in [0.2, 0.25) is 11.6 Å². The number of methoxy groups -OCH3 is 1. The first-order valence-corrected chi connectivity index (χ1v) is 11.6.